The average Bonchev–Trinajstić information content (AvgIpc) is 3.37. The van der Waals surface area contributed by atoms with Gasteiger partial charge in [0, 0.05) is 31.7 Å². The monoisotopic (exact) mass is 399 g/mol. The lowest BCUT2D eigenvalue weighted by Gasteiger charge is -2.27. The van der Waals surface area contributed by atoms with Gasteiger partial charge in [0.15, 0.2) is 0 Å². The molecule has 2 aliphatic rings. The maximum absolute atomic E-state index is 12.7. The van der Waals surface area contributed by atoms with E-state index >= 15 is 0 Å². The maximum Gasteiger partial charge on any atom is 0.340 e. The van der Waals surface area contributed by atoms with Crippen molar-refractivity contribution in [3.63, 3.8) is 0 Å². The minimum atomic E-state index is -0.404. The second kappa shape index (κ2) is 8.60. The summed E-state index contributed by atoms with van der Waals surface area (Å²) in [6, 6.07) is 7.79. The summed E-state index contributed by atoms with van der Waals surface area (Å²) < 4.78 is 5.32. The Hall–Kier alpha value is -2.94. The molecule has 2 fully saturated rings. The zero-order valence-corrected chi connectivity index (χ0v) is 16.2. The molecule has 2 aliphatic heterocycles. The molecule has 0 saturated carbocycles. The molecule has 0 radical (unpaired) electrons. The number of likely N-dealkylation sites (tertiary alicyclic amines) is 1. The van der Waals surface area contributed by atoms with Crippen LogP contribution in [0.3, 0.4) is 0 Å². The predicted octanol–water partition coefficient (Wildman–Crippen LogP) is 0.204. The molecule has 2 aromatic rings. The van der Waals surface area contributed by atoms with Gasteiger partial charge in [-0.3, -0.25) is 14.6 Å². The van der Waals surface area contributed by atoms with Gasteiger partial charge in [-0.25, -0.2) is 9.89 Å². The molecule has 2 amide bonds. The van der Waals surface area contributed by atoms with Gasteiger partial charge in [-0.05, 0) is 36.5 Å². The Morgan fingerprint density at radius 2 is 2.00 bits per heavy atom. The zero-order valence-electron chi connectivity index (χ0n) is 16.2. The summed E-state index contributed by atoms with van der Waals surface area (Å²) in [4.78, 5) is 42.4. The maximum atomic E-state index is 12.7. The zero-order chi connectivity index (χ0) is 20.2. The third kappa shape index (κ3) is 4.73. The smallest absolute Gasteiger partial charge is 0.340 e. The van der Waals surface area contributed by atoms with E-state index in [1.165, 1.54) is 0 Å². The van der Waals surface area contributed by atoms with Crippen molar-refractivity contribution in [3.05, 3.63) is 51.7 Å². The first kappa shape index (κ1) is 19.4. The van der Waals surface area contributed by atoms with Gasteiger partial charge in [0.2, 0.25) is 5.91 Å². The summed E-state index contributed by atoms with van der Waals surface area (Å²) in [5.74, 6) is 0.724. The molecular formula is C20H25N5O4. The number of nitrogens with zero attached hydrogens (tertiary/aromatic N) is 3. The number of aromatic nitrogens is 3. The van der Waals surface area contributed by atoms with Crippen LogP contribution >= 0.6 is 0 Å². The van der Waals surface area contributed by atoms with Crippen LogP contribution in [0.1, 0.15) is 28.2 Å². The van der Waals surface area contributed by atoms with Crippen molar-refractivity contribution < 1.29 is 14.3 Å². The van der Waals surface area contributed by atoms with Crippen LogP contribution in [0.5, 0.6) is 0 Å². The number of morpholine rings is 1. The molecule has 154 valence electrons. The van der Waals surface area contributed by atoms with E-state index in [1.807, 2.05) is 34.1 Å². The molecule has 0 bridgehead atoms. The van der Waals surface area contributed by atoms with E-state index in [9.17, 15) is 14.4 Å². The minimum Gasteiger partial charge on any atom is -0.378 e. The third-order valence-corrected chi connectivity index (χ3v) is 5.50. The molecule has 0 spiro atoms. The fourth-order valence-corrected chi connectivity index (χ4v) is 3.98. The Kier molecular flexibility index (Phi) is 5.75. The number of aromatic amines is 2. The lowest BCUT2D eigenvalue weighted by atomic mass is 9.97. The van der Waals surface area contributed by atoms with E-state index in [4.69, 9.17) is 4.74 Å². The summed E-state index contributed by atoms with van der Waals surface area (Å²) in [5, 5.41) is 6.07. The van der Waals surface area contributed by atoms with Crippen molar-refractivity contribution in [2.75, 3.05) is 39.4 Å². The van der Waals surface area contributed by atoms with Gasteiger partial charge in [-0.1, -0.05) is 12.1 Å². The lowest BCUT2D eigenvalue weighted by Crippen LogP contribution is -2.40. The van der Waals surface area contributed by atoms with Crippen LogP contribution in [0.15, 0.2) is 29.1 Å². The van der Waals surface area contributed by atoms with Crippen molar-refractivity contribution in [1.29, 1.82) is 0 Å². The number of amides is 2. The number of rotatable bonds is 5. The minimum absolute atomic E-state index is 0.0357. The van der Waals surface area contributed by atoms with Crippen LogP contribution in [0, 0.1) is 5.92 Å². The Labute approximate surface area is 168 Å². The Morgan fingerprint density at radius 3 is 2.76 bits per heavy atom. The second-order valence-electron chi connectivity index (χ2n) is 7.60. The molecule has 1 aromatic carbocycles. The Bertz CT molecular complexity index is 931. The van der Waals surface area contributed by atoms with Crippen molar-refractivity contribution in [1.82, 2.24) is 25.0 Å². The Balaban J connectivity index is 1.33. The van der Waals surface area contributed by atoms with Gasteiger partial charge >= 0.3 is 5.69 Å². The number of nitrogens with one attached hydrogen (secondary N) is 2. The van der Waals surface area contributed by atoms with Gasteiger partial charge < -0.3 is 14.5 Å². The van der Waals surface area contributed by atoms with Crippen LogP contribution in [0.4, 0.5) is 0 Å². The molecule has 4 rings (SSSR count). The van der Waals surface area contributed by atoms with Gasteiger partial charge in [0.1, 0.15) is 5.82 Å². The summed E-state index contributed by atoms with van der Waals surface area (Å²) in [7, 11) is 0. The lowest BCUT2D eigenvalue weighted by molar-refractivity contribution is -0.129. The van der Waals surface area contributed by atoms with Crippen molar-refractivity contribution >= 4 is 11.8 Å². The number of hydrogen-bond acceptors (Lipinski definition) is 5. The fraction of sp³-hybridized carbons (Fsp3) is 0.500. The van der Waals surface area contributed by atoms with E-state index in [0.717, 1.165) is 18.4 Å². The van der Waals surface area contributed by atoms with E-state index in [0.29, 0.717) is 56.7 Å². The summed E-state index contributed by atoms with van der Waals surface area (Å²) in [5.41, 5.74) is 1.41. The van der Waals surface area contributed by atoms with Crippen LogP contribution in [-0.4, -0.2) is 76.2 Å². The van der Waals surface area contributed by atoms with Gasteiger partial charge in [0.05, 0.1) is 19.6 Å². The van der Waals surface area contributed by atoms with Gasteiger partial charge in [-0.2, -0.15) is 5.10 Å². The largest absolute Gasteiger partial charge is 0.378 e. The third-order valence-electron chi connectivity index (χ3n) is 5.50. The number of ether oxygens (including phenoxy) is 1. The number of benzene rings is 1. The highest BCUT2D eigenvalue weighted by atomic mass is 16.5. The number of hydrogen-bond donors (Lipinski definition) is 2. The fourth-order valence-electron chi connectivity index (χ4n) is 3.98. The van der Waals surface area contributed by atoms with Crippen LogP contribution in [0.2, 0.25) is 0 Å². The number of carbonyl (C=O) groups excluding carboxylic acids is 2. The first-order valence-electron chi connectivity index (χ1n) is 9.96. The molecule has 9 nitrogen and oxygen atoms in total. The van der Waals surface area contributed by atoms with Crippen molar-refractivity contribution in [3.8, 4) is 0 Å². The van der Waals surface area contributed by atoms with Crippen LogP contribution in [0.25, 0.3) is 0 Å². The molecule has 2 saturated heterocycles. The molecule has 29 heavy (non-hydrogen) atoms. The van der Waals surface area contributed by atoms with E-state index < -0.39 is 5.69 Å². The van der Waals surface area contributed by atoms with E-state index in [1.54, 1.807) is 0 Å². The van der Waals surface area contributed by atoms with Gasteiger partial charge in [0.25, 0.3) is 5.91 Å². The average molecular weight is 399 g/mol. The molecule has 0 aliphatic carbocycles. The predicted molar refractivity (Wildman–Crippen MR) is 104 cm³/mol. The summed E-state index contributed by atoms with van der Waals surface area (Å²) in [6.07, 6.45) is 1.84. The van der Waals surface area contributed by atoms with Crippen molar-refractivity contribution in [2.45, 2.75) is 19.3 Å². The highest BCUT2D eigenvalue weighted by Crippen LogP contribution is 2.22. The summed E-state index contributed by atoms with van der Waals surface area (Å²) >= 11 is 0. The molecule has 3 heterocycles. The molecule has 2 N–H and O–H groups in total. The van der Waals surface area contributed by atoms with Crippen LogP contribution < -0.4 is 5.69 Å². The van der Waals surface area contributed by atoms with E-state index in [2.05, 4.69) is 15.2 Å². The summed E-state index contributed by atoms with van der Waals surface area (Å²) in [6.45, 7) is 3.81. The molecule has 1 unspecified atom stereocenters. The first-order valence-corrected chi connectivity index (χ1v) is 9.96. The standard InChI is InChI=1S/C20H25N5O4/c26-18(12-17-21-20(28)23-22-17)25-5-4-15(13-25)10-14-2-1-3-16(11-14)19(27)24-6-8-29-9-7-24/h1-3,11,15H,4-10,12-13H2,(H2,21,22,23,28). The normalized spacial score (nSPS) is 19.5. The second-order valence-corrected chi connectivity index (χ2v) is 7.60. The Morgan fingerprint density at radius 1 is 1.17 bits per heavy atom. The molecule has 9 heteroatoms. The quantitative estimate of drug-likeness (QED) is 0.746. The number of H-pyrrole nitrogens is 2. The molecule has 1 atom stereocenters. The molecular weight excluding hydrogens is 374 g/mol. The SMILES string of the molecule is O=C(Cc1n[nH]c(=O)[nH]1)N1CCC(Cc2cccc(C(=O)N3CCOCC3)c2)C1. The van der Waals surface area contributed by atoms with E-state index in [-0.39, 0.29) is 18.2 Å². The van der Waals surface area contributed by atoms with Gasteiger partial charge in [-0.15, -0.1) is 0 Å². The highest BCUT2D eigenvalue weighted by molar-refractivity contribution is 5.94. The highest BCUT2D eigenvalue weighted by Gasteiger charge is 2.27. The molecule has 1 aromatic heterocycles. The van der Waals surface area contributed by atoms with Crippen molar-refractivity contribution in [2.24, 2.45) is 5.92 Å². The first-order chi connectivity index (χ1) is 14.1. The van der Waals surface area contributed by atoms with Crippen LogP contribution in [-0.2, 0) is 22.4 Å². The number of carbonyl (C=O) groups is 2. The topological polar surface area (TPSA) is 111 Å².